The molecule has 1 fully saturated rings. The number of alkyl carbamates (subject to hydrolysis) is 1. The van der Waals surface area contributed by atoms with Gasteiger partial charge in [-0.1, -0.05) is 103 Å². The lowest BCUT2D eigenvalue weighted by Gasteiger charge is -2.37. The van der Waals surface area contributed by atoms with Crippen LogP contribution in [0.4, 0.5) is 4.79 Å². The van der Waals surface area contributed by atoms with Crippen LogP contribution in [0.2, 0.25) is 0 Å². The highest BCUT2D eigenvalue weighted by atomic mass is 35.5. The van der Waals surface area contributed by atoms with Crippen molar-refractivity contribution in [3.8, 4) is 5.75 Å². The lowest BCUT2D eigenvalue weighted by atomic mass is 9.71. The minimum absolute atomic E-state index is 0. The molecule has 0 spiro atoms. The Morgan fingerprint density at radius 1 is 0.787 bits per heavy atom. The van der Waals surface area contributed by atoms with Crippen molar-refractivity contribution in [3.63, 3.8) is 0 Å². The van der Waals surface area contributed by atoms with Crippen LogP contribution in [0.25, 0.3) is 0 Å². The second-order valence-corrected chi connectivity index (χ2v) is 12.0. The van der Waals surface area contributed by atoms with E-state index in [1.807, 2.05) is 42.5 Å². The van der Waals surface area contributed by atoms with Gasteiger partial charge in [0.25, 0.3) is 0 Å². The van der Waals surface area contributed by atoms with Crippen molar-refractivity contribution in [1.82, 2.24) is 15.5 Å². The minimum atomic E-state index is -0.618. The van der Waals surface area contributed by atoms with E-state index in [1.54, 1.807) is 7.11 Å². The number of ether oxygens (including phenoxy) is 2. The fourth-order valence-corrected chi connectivity index (χ4v) is 6.47. The summed E-state index contributed by atoms with van der Waals surface area (Å²) in [6, 6.07) is 38.9. The number of carbonyl (C=O) groups is 2. The normalized spacial score (nSPS) is 13.6. The van der Waals surface area contributed by atoms with E-state index in [0.29, 0.717) is 12.5 Å². The number of hydrogen-bond donors (Lipinski definition) is 2. The van der Waals surface area contributed by atoms with Gasteiger partial charge in [-0.25, -0.2) is 4.79 Å². The lowest BCUT2D eigenvalue weighted by Crippen LogP contribution is -2.45. The first-order valence-electron chi connectivity index (χ1n) is 16.2. The summed E-state index contributed by atoms with van der Waals surface area (Å²) < 4.78 is 10.6. The molecule has 4 aromatic carbocycles. The zero-order valence-electron chi connectivity index (χ0n) is 27.1. The molecule has 1 saturated heterocycles. The SMILES string of the molecule is COc1ccc(C2CCN(CCCC(CNC(=O)CNC(=O)OCc3ccccc3)(c3ccccc3)c3ccccc3)CC2)cc1.Cl. The van der Waals surface area contributed by atoms with Crippen LogP contribution in [0.15, 0.2) is 115 Å². The van der Waals surface area contributed by atoms with Crippen LogP contribution in [0, 0.1) is 0 Å². The third-order valence-corrected chi connectivity index (χ3v) is 9.10. The van der Waals surface area contributed by atoms with Crippen molar-refractivity contribution < 1.29 is 19.1 Å². The van der Waals surface area contributed by atoms with Crippen LogP contribution in [0.5, 0.6) is 5.75 Å². The summed E-state index contributed by atoms with van der Waals surface area (Å²) in [6.45, 7) is 3.56. The molecule has 5 rings (SSSR count). The Hall–Kier alpha value is -4.33. The van der Waals surface area contributed by atoms with Gasteiger partial charge < -0.3 is 25.0 Å². The quantitative estimate of drug-likeness (QED) is 0.151. The third kappa shape index (κ3) is 10.1. The van der Waals surface area contributed by atoms with Gasteiger partial charge in [0.15, 0.2) is 0 Å². The van der Waals surface area contributed by atoms with E-state index >= 15 is 0 Å². The first-order valence-corrected chi connectivity index (χ1v) is 16.2. The van der Waals surface area contributed by atoms with Crippen LogP contribution in [0.1, 0.15) is 53.9 Å². The molecule has 0 aliphatic carbocycles. The predicted octanol–water partition coefficient (Wildman–Crippen LogP) is 7.11. The van der Waals surface area contributed by atoms with Gasteiger partial charge in [0, 0.05) is 12.0 Å². The lowest BCUT2D eigenvalue weighted by molar-refractivity contribution is -0.120. The number of likely N-dealkylation sites (tertiary alicyclic amines) is 1. The molecule has 47 heavy (non-hydrogen) atoms. The van der Waals surface area contributed by atoms with E-state index in [1.165, 1.54) is 5.56 Å². The first kappa shape index (κ1) is 35.5. The van der Waals surface area contributed by atoms with E-state index < -0.39 is 11.5 Å². The zero-order chi connectivity index (χ0) is 32.0. The smallest absolute Gasteiger partial charge is 0.407 e. The maximum absolute atomic E-state index is 13.0. The highest BCUT2D eigenvalue weighted by molar-refractivity contribution is 5.85. The van der Waals surface area contributed by atoms with E-state index in [9.17, 15) is 9.59 Å². The molecule has 0 aromatic heterocycles. The van der Waals surface area contributed by atoms with Crippen molar-refractivity contribution in [2.24, 2.45) is 0 Å². The molecule has 0 bridgehead atoms. The monoisotopic (exact) mass is 655 g/mol. The van der Waals surface area contributed by atoms with Crippen LogP contribution in [-0.2, 0) is 21.6 Å². The van der Waals surface area contributed by atoms with Crippen LogP contribution < -0.4 is 15.4 Å². The summed E-state index contributed by atoms with van der Waals surface area (Å²) in [5.74, 6) is 1.22. The molecule has 0 atom stereocenters. The van der Waals surface area contributed by atoms with E-state index in [2.05, 4.69) is 88.3 Å². The number of nitrogens with zero attached hydrogens (tertiary/aromatic N) is 1. The standard InChI is InChI=1S/C39H45N3O4.ClH/c1-45-36-20-18-32(19-21-36)33-22-26-42(27-23-33)25-11-24-39(34-14-7-3-8-15-34,35-16-9-4-10-17-35)30-41-37(43)28-40-38(44)46-29-31-12-5-2-6-13-31;/h2-10,12-21,33H,11,22-30H2,1H3,(H,40,44)(H,41,43);1H. The molecule has 1 aliphatic heterocycles. The maximum Gasteiger partial charge on any atom is 0.407 e. The van der Waals surface area contributed by atoms with Gasteiger partial charge >= 0.3 is 6.09 Å². The van der Waals surface area contributed by atoms with Crippen LogP contribution >= 0.6 is 12.4 Å². The number of carbonyl (C=O) groups excluding carboxylic acids is 2. The van der Waals surface area contributed by atoms with Crippen molar-refractivity contribution in [1.29, 1.82) is 0 Å². The minimum Gasteiger partial charge on any atom is -0.497 e. The Balaban J connectivity index is 0.00000500. The van der Waals surface area contributed by atoms with E-state index in [-0.39, 0.29) is 31.5 Å². The Morgan fingerprint density at radius 3 is 1.94 bits per heavy atom. The molecule has 2 N–H and O–H groups in total. The molecule has 2 amide bonds. The Morgan fingerprint density at radius 2 is 1.36 bits per heavy atom. The van der Waals surface area contributed by atoms with Gasteiger partial charge in [0.1, 0.15) is 12.4 Å². The highest BCUT2D eigenvalue weighted by Gasteiger charge is 2.34. The average molecular weight is 656 g/mol. The number of amides is 2. The van der Waals surface area contributed by atoms with Crippen LogP contribution in [0.3, 0.4) is 0 Å². The largest absolute Gasteiger partial charge is 0.497 e. The molecule has 1 heterocycles. The number of benzene rings is 4. The van der Waals surface area contributed by atoms with Gasteiger partial charge in [-0.3, -0.25) is 4.79 Å². The number of hydrogen-bond acceptors (Lipinski definition) is 5. The number of methoxy groups -OCH3 is 1. The van der Waals surface area contributed by atoms with E-state index in [0.717, 1.165) is 67.8 Å². The molecule has 248 valence electrons. The second kappa shape index (κ2) is 18.1. The average Bonchev–Trinajstić information content (AvgIpc) is 3.13. The number of nitrogens with one attached hydrogen (secondary N) is 2. The van der Waals surface area contributed by atoms with Gasteiger partial charge in [-0.2, -0.15) is 0 Å². The molecular weight excluding hydrogens is 610 g/mol. The predicted molar refractivity (Wildman–Crippen MR) is 189 cm³/mol. The van der Waals surface area contributed by atoms with Crippen LogP contribution in [-0.4, -0.2) is 56.7 Å². The van der Waals surface area contributed by atoms with E-state index in [4.69, 9.17) is 9.47 Å². The maximum atomic E-state index is 13.0. The van der Waals surface area contributed by atoms with Gasteiger partial charge in [0.05, 0.1) is 13.7 Å². The van der Waals surface area contributed by atoms with Crippen molar-refractivity contribution in [2.75, 3.05) is 39.8 Å². The molecular formula is C39H46ClN3O4. The fourth-order valence-electron chi connectivity index (χ4n) is 6.47. The summed E-state index contributed by atoms with van der Waals surface area (Å²) in [5, 5.41) is 5.73. The Labute approximate surface area is 285 Å². The summed E-state index contributed by atoms with van der Waals surface area (Å²) in [6.07, 6.45) is 3.52. The van der Waals surface area contributed by atoms with Gasteiger partial charge in [0.2, 0.25) is 5.91 Å². The topological polar surface area (TPSA) is 79.9 Å². The summed E-state index contributed by atoms with van der Waals surface area (Å²) in [5.41, 5.74) is 4.18. The highest BCUT2D eigenvalue weighted by Crippen LogP contribution is 2.37. The molecule has 7 nitrogen and oxygen atoms in total. The molecule has 8 heteroatoms. The Kier molecular flexibility index (Phi) is 13.7. The summed E-state index contributed by atoms with van der Waals surface area (Å²) >= 11 is 0. The third-order valence-electron chi connectivity index (χ3n) is 9.10. The van der Waals surface area contributed by atoms with Gasteiger partial charge in [-0.05, 0) is 85.6 Å². The van der Waals surface area contributed by atoms with Crippen molar-refractivity contribution in [3.05, 3.63) is 138 Å². The summed E-state index contributed by atoms with van der Waals surface area (Å²) in [4.78, 5) is 27.9. The number of piperidine rings is 1. The van der Waals surface area contributed by atoms with Crippen molar-refractivity contribution in [2.45, 2.75) is 43.6 Å². The fraction of sp³-hybridized carbons (Fsp3) is 0.333. The molecule has 1 aliphatic rings. The number of rotatable bonds is 14. The molecule has 0 saturated carbocycles. The zero-order valence-corrected chi connectivity index (χ0v) is 27.9. The number of halogens is 1. The van der Waals surface area contributed by atoms with Gasteiger partial charge in [-0.15, -0.1) is 12.4 Å². The first-order chi connectivity index (χ1) is 22.6. The summed E-state index contributed by atoms with van der Waals surface area (Å²) in [7, 11) is 1.70. The van der Waals surface area contributed by atoms with Crippen molar-refractivity contribution >= 4 is 24.4 Å². The molecule has 4 aromatic rings. The second-order valence-electron chi connectivity index (χ2n) is 12.0. The molecule has 0 radical (unpaired) electrons. The Bertz CT molecular complexity index is 1460. The molecule has 0 unspecified atom stereocenters.